The molecular weight excluding hydrogens is 276 g/mol. The fourth-order valence-corrected chi connectivity index (χ4v) is 4.56. The predicted octanol–water partition coefficient (Wildman–Crippen LogP) is 3.26. The Hall–Kier alpha value is -0.610. The maximum atomic E-state index is 12.6. The van der Waals surface area contributed by atoms with E-state index in [2.05, 4.69) is 10.6 Å². The number of ether oxygens (including phenoxy) is 1. The lowest BCUT2D eigenvalue weighted by molar-refractivity contribution is -0.148. The number of hydrogen-bond donors (Lipinski definition) is 2. The van der Waals surface area contributed by atoms with Crippen molar-refractivity contribution < 1.29 is 9.53 Å². The van der Waals surface area contributed by atoms with Gasteiger partial charge in [-0.15, -0.1) is 0 Å². The molecule has 3 aliphatic rings. The molecule has 4 heteroatoms. The van der Waals surface area contributed by atoms with Gasteiger partial charge in [-0.1, -0.05) is 57.8 Å². The normalized spacial score (nSPS) is 34.1. The molecule has 1 atom stereocenters. The van der Waals surface area contributed by atoms with E-state index in [-0.39, 0.29) is 11.4 Å². The molecule has 3 rings (SSSR count). The molecule has 2 spiro atoms. The summed E-state index contributed by atoms with van der Waals surface area (Å²) in [7, 11) is 0. The van der Waals surface area contributed by atoms with Crippen molar-refractivity contribution >= 4 is 5.91 Å². The summed E-state index contributed by atoms with van der Waals surface area (Å²) in [6, 6.07) is 0. The highest BCUT2D eigenvalue weighted by molar-refractivity contribution is 5.88. The van der Waals surface area contributed by atoms with Crippen LogP contribution in [0.1, 0.15) is 83.5 Å². The zero-order chi connectivity index (χ0) is 15.3. The number of carbonyl (C=O) groups is 1. The van der Waals surface area contributed by atoms with Gasteiger partial charge in [-0.3, -0.25) is 10.1 Å². The lowest BCUT2D eigenvalue weighted by Crippen LogP contribution is -2.49. The van der Waals surface area contributed by atoms with Crippen LogP contribution in [0.3, 0.4) is 0 Å². The van der Waals surface area contributed by atoms with Crippen LogP contribution in [-0.4, -0.2) is 30.3 Å². The van der Waals surface area contributed by atoms with Crippen LogP contribution < -0.4 is 10.6 Å². The first-order valence-corrected chi connectivity index (χ1v) is 9.42. The van der Waals surface area contributed by atoms with E-state index in [9.17, 15) is 4.79 Å². The summed E-state index contributed by atoms with van der Waals surface area (Å²) in [5, 5.41) is 6.59. The summed E-state index contributed by atoms with van der Waals surface area (Å²) in [5.74, 6) is 0.154. The van der Waals surface area contributed by atoms with Crippen molar-refractivity contribution in [1.29, 1.82) is 0 Å². The Kier molecular flexibility index (Phi) is 5.40. The zero-order valence-corrected chi connectivity index (χ0v) is 13.9. The molecule has 0 aromatic heterocycles. The van der Waals surface area contributed by atoms with E-state index in [1.807, 2.05) is 0 Å². The highest BCUT2D eigenvalue weighted by atomic mass is 16.5. The first kappa shape index (κ1) is 16.3. The van der Waals surface area contributed by atoms with Crippen LogP contribution in [0.4, 0.5) is 0 Å². The predicted molar refractivity (Wildman–Crippen MR) is 87.6 cm³/mol. The van der Waals surface area contributed by atoms with Crippen molar-refractivity contribution in [3.63, 3.8) is 0 Å². The number of nitrogens with one attached hydrogen (secondary N) is 2. The van der Waals surface area contributed by atoms with Gasteiger partial charge in [0.1, 0.15) is 0 Å². The molecule has 1 unspecified atom stereocenters. The Labute approximate surface area is 134 Å². The van der Waals surface area contributed by atoms with Gasteiger partial charge in [0.05, 0.1) is 6.73 Å². The summed E-state index contributed by atoms with van der Waals surface area (Å²) in [5.41, 5.74) is -0.532. The minimum atomic E-state index is -0.539. The molecule has 1 amide bonds. The molecule has 2 saturated heterocycles. The van der Waals surface area contributed by atoms with Gasteiger partial charge >= 0.3 is 0 Å². The van der Waals surface area contributed by atoms with Gasteiger partial charge in [0.15, 0.2) is 5.60 Å². The SMILES string of the molecule is O=C1NC2(CCCCCCCCCCC2)CC12CCNCO2. The maximum absolute atomic E-state index is 12.6. The Morgan fingerprint density at radius 3 is 1.95 bits per heavy atom. The van der Waals surface area contributed by atoms with E-state index < -0.39 is 5.60 Å². The maximum Gasteiger partial charge on any atom is 0.252 e. The summed E-state index contributed by atoms with van der Waals surface area (Å²) in [6.45, 7) is 1.41. The second kappa shape index (κ2) is 7.31. The van der Waals surface area contributed by atoms with Crippen molar-refractivity contribution in [3.05, 3.63) is 0 Å². The molecule has 126 valence electrons. The Morgan fingerprint density at radius 2 is 1.41 bits per heavy atom. The second-order valence-electron chi connectivity index (χ2n) is 7.63. The minimum absolute atomic E-state index is 0.00756. The summed E-state index contributed by atoms with van der Waals surface area (Å²) in [6.07, 6.45) is 16.0. The number of amides is 1. The van der Waals surface area contributed by atoms with Crippen LogP contribution in [-0.2, 0) is 9.53 Å². The molecule has 2 heterocycles. The van der Waals surface area contributed by atoms with Crippen LogP contribution in [0.2, 0.25) is 0 Å². The third-order valence-corrected chi connectivity index (χ3v) is 5.88. The average molecular weight is 308 g/mol. The molecule has 0 aromatic rings. The topological polar surface area (TPSA) is 50.4 Å². The minimum Gasteiger partial charge on any atom is -0.350 e. The van der Waals surface area contributed by atoms with Gasteiger partial charge < -0.3 is 10.1 Å². The van der Waals surface area contributed by atoms with Crippen LogP contribution >= 0.6 is 0 Å². The lowest BCUT2D eigenvalue weighted by Gasteiger charge is -2.34. The van der Waals surface area contributed by atoms with E-state index in [0.717, 1.165) is 32.2 Å². The molecule has 22 heavy (non-hydrogen) atoms. The standard InChI is InChI=1S/C18H32N2O2/c21-16-18(12-13-19-15-22-18)14-17(20-16)10-8-6-4-2-1-3-5-7-9-11-17/h19H,1-15H2,(H,20,21). The largest absolute Gasteiger partial charge is 0.350 e. The Morgan fingerprint density at radius 1 is 0.818 bits per heavy atom. The number of carbonyl (C=O) groups excluding carboxylic acids is 1. The molecule has 0 bridgehead atoms. The van der Waals surface area contributed by atoms with Crippen LogP contribution in [0.25, 0.3) is 0 Å². The number of hydrogen-bond acceptors (Lipinski definition) is 3. The Bertz CT molecular complexity index is 365. The summed E-state index contributed by atoms with van der Waals surface area (Å²) >= 11 is 0. The molecule has 0 aromatic carbocycles. The van der Waals surface area contributed by atoms with Crippen molar-refractivity contribution in [2.45, 2.75) is 94.6 Å². The second-order valence-corrected chi connectivity index (χ2v) is 7.63. The highest BCUT2D eigenvalue weighted by Gasteiger charge is 2.54. The lowest BCUT2D eigenvalue weighted by atomic mass is 9.80. The Balaban J connectivity index is 1.66. The van der Waals surface area contributed by atoms with Crippen LogP contribution in [0.15, 0.2) is 0 Å². The van der Waals surface area contributed by atoms with E-state index in [1.54, 1.807) is 0 Å². The first-order chi connectivity index (χ1) is 10.7. The molecule has 1 saturated carbocycles. The molecular formula is C18H32N2O2. The van der Waals surface area contributed by atoms with E-state index >= 15 is 0 Å². The fraction of sp³-hybridized carbons (Fsp3) is 0.944. The molecule has 3 fully saturated rings. The zero-order valence-electron chi connectivity index (χ0n) is 13.9. The van der Waals surface area contributed by atoms with Crippen LogP contribution in [0, 0.1) is 0 Å². The van der Waals surface area contributed by atoms with Gasteiger partial charge in [-0.25, -0.2) is 0 Å². The smallest absolute Gasteiger partial charge is 0.252 e. The molecule has 0 radical (unpaired) electrons. The third kappa shape index (κ3) is 3.65. The molecule has 2 aliphatic heterocycles. The molecule has 2 N–H and O–H groups in total. The van der Waals surface area contributed by atoms with Gasteiger partial charge in [0.2, 0.25) is 0 Å². The van der Waals surface area contributed by atoms with Crippen LogP contribution in [0.5, 0.6) is 0 Å². The molecule has 1 aliphatic carbocycles. The number of rotatable bonds is 0. The first-order valence-electron chi connectivity index (χ1n) is 9.42. The van der Waals surface area contributed by atoms with E-state index in [0.29, 0.717) is 6.73 Å². The van der Waals surface area contributed by atoms with E-state index in [1.165, 1.54) is 57.8 Å². The van der Waals surface area contributed by atoms with Gasteiger partial charge in [-0.05, 0) is 19.3 Å². The third-order valence-electron chi connectivity index (χ3n) is 5.88. The quantitative estimate of drug-likeness (QED) is 0.722. The van der Waals surface area contributed by atoms with Gasteiger partial charge in [0.25, 0.3) is 5.91 Å². The monoisotopic (exact) mass is 308 g/mol. The van der Waals surface area contributed by atoms with Gasteiger partial charge in [0, 0.05) is 18.5 Å². The van der Waals surface area contributed by atoms with Gasteiger partial charge in [-0.2, -0.15) is 0 Å². The van der Waals surface area contributed by atoms with E-state index in [4.69, 9.17) is 4.74 Å². The van der Waals surface area contributed by atoms with Crippen molar-refractivity contribution in [2.24, 2.45) is 0 Å². The van der Waals surface area contributed by atoms with Crippen molar-refractivity contribution in [1.82, 2.24) is 10.6 Å². The average Bonchev–Trinajstić information content (AvgIpc) is 2.77. The van der Waals surface area contributed by atoms with Crippen molar-refractivity contribution in [2.75, 3.05) is 13.3 Å². The fourth-order valence-electron chi connectivity index (χ4n) is 4.56. The summed E-state index contributed by atoms with van der Waals surface area (Å²) in [4.78, 5) is 12.6. The highest BCUT2D eigenvalue weighted by Crippen LogP contribution is 2.41. The van der Waals surface area contributed by atoms with Crippen molar-refractivity contribution in [3.8, 4) is 0 Å². The molecule has 4 nitrogen and oxygen atoms in total. The summed E-state index contributed by atoms with van der Waals surface area (Å²) < 4.78 is 5.92.